The van der Waals surface area contributed by atoms with E-state index < -0.39 is 0 Å². The molecule has 0 atom stereocenters. The minimum absolute atomic E-state index is 0.0265. The predicted molar refractivity (Wildman–Crippen MR) is 70.9 cm³/mol. The predicted octanol–water partition coefficient (Wildman–Crippen LogP) is 2.71. The van der Waals surface area contributed by atoms with E-state index in [-0.39, 0.29) is 6.61 Å². The van der Waals surface area contributed by atoms with Gasteiger partial charge < -0.3 is 14.6 Å². The number of aromatic nitrogens is 2. The van der Waals surface area contributed by atoms with Gasteiger partial charge in [0.25, 0.3) is 5.19 Å². The third-order valence-corrected chi connectivity index (χ3v) is 3.58. The molecule has 100 valence electrons. The van der Waals surface area contributed by atoms with Crippen LogP contribution in [0, 0.1) is 0 Å². The van der Waals surface area contributed by atoms with Crippen molar-refractivity contribution in [1.82, 2.24) is 9.36 Å². The molecule has 2 aromatic rings. The summed E-state index contributed by atoms with van der Waals surface area (Å²) in [5.41, 5.74) is 0.778. The van der Waals surface area contributed by atoms with Crippen molar-refractivity contribution < 1.29 is 14.6 Å². The van der Waals surface area contributed by atoms with Gasteiger partial charge in [-0.15, -0.1) is 0 Å². The van der Waals surface area contributed by atoms with Gasteiger partial charge in [-0.3, -0.25) is 0 Å². The molecule has 0 radical (unpaired) electrons. The first-order valence-corrected chi connectivity index (χ1v) is 6.86. The zero-order chi connectivity index (χ0) is 13.2. The number of methoxy groups -OCH3 is 1. The van der Waals surface area contributed by atoms with Crippen LogP contribution in [-0.2, 0) is 6.61 Å². The first-order chi connectivity index (χ1) is 9.30. The molecule has 3 rings (SSSR count). The summed E-state index contributed by atoms with van der Waals surface area (Å²) in [6.07, 6.45) is 2.34. The van der Waals surface area contributed by atoms with Crippen molar-refractivity contribution >= 4 is 11.5 Å². The number of hydrogen-bond acceptors (Lipinski definition) is 6. The number of benzene rings is 1. The van der Waals surface area contributed by atoms with E-state index in [0.717, 1.165) is 11.4 Å². The van der Waals surface area contributed by atoms with Crippen LogP contribution in [0.4, 0.5) is 0 Å². The van der Waals surface area contributed by atoms with Crippen LogP contribution in [0.25, 0.3) is 0 Å². The number of rotatable bonds is 5. The number of nitrogens with zero attached hydrogens (tertiary/aromatic N) is 2. The molecule has 1 aromatic heterocycles. The van der Waals surface area contributed by atoms with Crippen LogP contribution in [0.15, 0.2) is 18.2 Å². The second kappa shape index (κ2) is 5.14. The highest BCUT2D eigenvalue weighted by atomic mass is 32.1. The topological polar surface area (TPSA) is 64.5 Å². The normalized spacial score (nSPS) is 14.4. The Kier molecular flexibility index (Phi) is 3.35. The second-order valence-corrected chi connectivity index (χ2v) is 5.15. The van der Waals surface area contributed by atoms with Gasteiger partial charge in [0.15, 0.2) is 11.5 Å². The van der Waals surface area contributed by atoms with Crippen LogP contribution in [0.3, 0.4) is 0 Å². The van der Waals surface area contributed by atoms with E-state index in [9.17, 15) is 0 Å². The van der Waals surface area contributed by atoms with Crippen molar-refractivity contribution in [3.8, 4) is 16.7 Å². The van der Waals surface area contributed by atoms with E-state index in [1.54, 1.807) is 25.3 Å². The fourth-order valence-electron chi connectivity index (χ4n) is 1.76. The van der Waals surface area contributed by atoms with Crippen molar-refractivity contribution in [2.24, 2.45) is 0 Å². The molecule has 0 spiro atoms. The van der Waals surface area contributed by atoms with Crippen molar-refractivity contribution in [3.63, 3.8) is 0 Å². The average molecular weight is 278 g/mol. The summed E-state index contributed by atoms with van der Waals surface area (Å²) in [7, 11) is 1.57. The summed E-state index contributed by atoms with van der Waals surface area (Å²) in [6.45, 7) is -0.0265. The molecule has 0 saturated heterocycles. The Morgan fingerprint density at radius 2 is 2.21 bits per heavy atom. The monoisotopic (exact) mass is 278 g/mol. The minimum Gasteiger partial charge on any atom is -0.493 e. The Hall–Kier alpha value is -1.66. The van der Waals surface area contributed by atoms with E-state index >= 15 is 0 Å². The quantitative estimate of drug-likeness (QED) is 0.911. The first-order valence-electron chi connectivity index (χ1n) is 6.09. The molecule has 0 unspecified atom stereocenters. The molecule has 1 aliphatic carbocycles. The molecule has 1 N–H and O–H groups in total. The summed E-state index contributed by atoms with van der Waals surface area (Å²) < 4.78 is 15.2. The lowest BCUT2D eigenvalue weighted by Crippen LogP contribution is -1.92. The van der Waals surface area contributed by atoms with Crippen LogP contribution in [-0.4, -0.2) is 21.6 Å². The molecule has 1 aliphatic rings. The highest BCUT2D eigenvalue weighted by Gasteiger charge is 2.28. The second-order valence-electron chi connectivity index (χ2n) is 4.44. The van der Waals surface area contributed by atoms with Crippen LogP contribution in [0.2, 0.25) is 0 Å². The lowest BCUT2D eigenvalue weighted by atomic mass is 10.2. The molecule has 1 aromatic carbocycles. The summed E-state index contributed by atoms with van der Waals surface area (Å²) in [5, 5.41) is 9.62. The number of ether oxygens (including phenoxy) is 2. The average Bonchev–Trinajstić information content (AvgIpc) is 3.20. The maximum absolute atomic E-state index is 9.09. The zero-order valence-electron chi connectivity index (χ0n) is 10.5. The maximum Gasteiger partial charge on any atom is 0.298 e. The van der Waals surface area contributed by atoms with Crippen LogP contribution in [0.5, 0.6) is 16.7 Å². The van der Waals surface area contributed by atoms with Gasteiger partial charge in [-0.05, 0) is 30.5 Å². The smallest absolute Gasteiger partial charge is 0.298 e. The highest BCUT2D eigenvalue weighted by molar-refractivity contribution is 7.07. The molecular formula is C13H14N2O3S. The van der Waals surface area contributed by atoms with Crippen LogP contribution >= 0.6 is 11.5 Å². The Labute approximate surface area is 115 Å². The van der Waals surface area contributed by atoms with Gasteiger partial charge in [-0.25, -0.2) is 0 Å². The van der Waals surface area contributed by atoms with E-state index in [2.05, 4.69) is 9.36 Å². The number of aliphatic hydroxyl groups excluding tert-OH is 1. The van der Waals surface area contributed by atoms with Gasteiger partial charge in [-0.2, -0.15) is 9.36 Å². The Balaban J connectivity index is 1.80. The molecule has 19 heavy (non-hydrogen) atoms. The van der Waals surface area contributed by atoms with Gasteiger partial charge in [0.05, 0.1) is 13.7 Å². The molecule has 5 nitrogen and oxygen atoms in total. The zero-order valence-corrected chi connectivity index (χ0v) is 11.3. The fraction of sp³-hybridized carbons (Fsp3) is 0.385. The van der Waals surface area contributed by atoms with E-state index in [1.165, 1.54) is 24.4 Å². The van der Waals surface area contributed by atoms with Crippen LogP contribution in [0.1, 0.15) is 30.1 Å². The summed E-state index contributed by atoms with van der Waals surface area (Å²) in [5.74, 6) is 2.56. The molecule has 0 bridgehead atoms. The molecule has 1 saturated carbocycles. The summed E-state index contributed by atoms with van der Waals surface area (Å²) >= 11 is 1.25. The Morgan fingerprint density at radius 1 is 1.37 bits per heavy atom. The lowest BCUT2D eigenvalue weighted by Gasteiger charge is -2.08. The molecular weight excluding hydrogens is 264 g/mol. The summed E-state index contributed by atoms with van der Waals surface area (Å²) in [4.78, 5) is 4.37. The van der Waals surface area contributed by atoms with Crippen molar-refractivity contribution in [3.05, 3.63) is 29.6 Å². The van der Waals surface area contributed by atoms with Crippen molar-refractivity contribution in [2.75, 3.05) is 7.11 Å². The van der Waals surface area contributed by atoms with Gasteiger partial charge >= 0.3 is 0 Å². The summed E-state index contributed by atoms with van der Waals surface area (Å²) in [6, 6.07) is 5.31. The lowest BCUT2D eigenvalue weighted by molar-refractivity contribution is 0.280. The van der Waals surface area contributed by atoms with Gasteiger partial charge in [0, 0.05) is 17.5 Å². The number of aliphatic hydroxyl groups is 1. The van der Waals surface area contributed by atoms with Crippen LogP contribution < -0.4 is 9.47 Å². The minimum atomic E-state index is -0.0265. The molecule has 6 heteroatoms. The Morgan fingerprint density at radius 3 is 2.89 bits per heavy atom. The first kappa shape index (κ1) is 12.4. The Bertz CT molecular complexity index is 581. The number of hydrogen-bond donors (Lipinski definition) is 1. The fourth-order valence-corrected chi connectivity index (χ4v) is 2.38. The van der Waals surface area contributed by atoms with E-state index in [1.807, 2.05) is 0 Å². The molecule has 1 heterocycles. The third-order valence-electron chi connectivity index (χ3n) is 2.97. The largest absolute Gasteiger partial charge is 0.493 e. The van der Waals surface area contributed by atoms with Gasteiger partial charge in [0.1, 0.15) is 5.82 Å². The van der Waals surface area contributed by atoms with E-state index in [0.29, 0.717) is 22.6 Å². The van der Waals surface area contributed by atoms with Crippen molar-refractivity contribution in [1.29, 1.82) is 0 Å². The maximum atomic E-state index is 9.09. The SMILES string of the molecule is COc1cc(CO)ccc1Oc1nc(C2CC2)ns1. The van der Waals surface area contributed by atoms with Crippen molar-refractivity contribution in [2.45, 2.75) is 25.4 Å². The third kappa shape index (κ3) is 2.69. The molecule has 0 aliphatic heterocycles. The van der Waals surface area contributed by atoms with E-state index in [4.69, 9.17) is 14.6 Å². The standard InChI is InChI=1S/C13H14N2O3S/c1-17-11-6-8(7-16)2-5-10(11)18-13-14-12(15-19-13)9-3-4-9/h2,5-6,9,16H,3-4,7H2,1H3. The van der Waals surface area contributed by atoms with Gasteiger partial charge in [-0.1, -0.05) is 6.07 Å². The molecule has 0 amide bonds. The molecule has 1 fully saturated rings. The highest BCUT2D eigenvalue weighted by Crippen LogP contribution is 2.40. The van der Waals surface area contributed by atoms with Gasteiger partial charge in [0.2, 0.25) is 0 Å².